The van der Waals surface area contributed by atoms with Crippen molar-refractivity contribution in [2.45, 2.75) is 13.8 Å². The van der Waals surface area contributed by atoms with Crippen LogP contribution >= 0.6 is 0 Å². The third kappa shape index (κ3) is 5.55. The summed E-state index contributed by atoms with van der Waals surface area (Å²) in [5, 5.41) is 3.90. The maximum absolute atomic E-state index is 12.0. The number of amides is 1. The Morgan fingerprint density at radius 3 is 2.66 bits per heavy atom. The minimum Gasteiger partial charge on any atom is -0.484 e. The van der Waals surface area contributed by atoms with Gasteiger partial charge in [-0.15, -0.1) is 0 Å². The summed E-state index contributed by atoms with van der Waals surface area (Å²) in [6.07, 6.45) is 2.78. The van der Waals surface area contributed by atoms with Crippen molar-refractivity contribution in [2.24, 2.45) is 5.10 Å². The zero-order chi connectivity index (χ0) is 20.6. The fraction of sp³-hybridized carbons (Fsp3) is 0.136. The highest BCUT2D eigenvalue weighted by atomic mass is 16.5. The average molecular weight is 392 g/mol. The van der Waals surface area contributed by atoms with Crippen LogP contribution in [0.1, 0.15) is 27.2 Å². The number of carbonyl (C=O) groups excluding carboxylic acids is 2. The number of esters is 1. The van der Waals surface area contributed by atoms with Crippen LogP contribution in [0.4, 0.5) is 0 Å². The minimum absolute atomic E-state index is 0.0912. The Morgan fingerprint density at radius 1 is 1.07 bits per heavy atom. The highest BCUT2D eigenvalue weighted by Gasteiger charge is 2.13. The van der Waals surface area contributed by atoms with Crippen molar-refractivity contribution in [1.82, 2.24) is 5.43 Å². The van der Waals surface area contributed by atoms with E-state index in [0.717, 1.165) is 11.1 Å². The molecule has 1 amide bonds. The van der Waals surface area contributed by atoms with Crippen LogP contribution in [0.3, 0.4) is 0 Å². The van der Waals surface area contributed by atoms with Crippen LogP contribution in [-0.2, 0) is 4.79 Å². The summed E-state index contributed by atoms with van der Waals surface area (Å²) in [6, 6.07) is 15.5. The Bertz CT molecular complexity index is 1030. The van der Waals surface area contributed by atoms with E-state index in [1.165, 1.54) is 18.5 Å². The first kappa shape index (κ1) is 19.9. The summed E-state index contributed by atoms with van der Waals surface area (Å²) >= 11 is 0. The summed E-state index contributed by atoms with van der Waals surface area (Å²) in [6.45, 7) is 3.81. The SMILES string of the molecule is Cc1ccc(OCC(=O)NN=Cc2ccccc2OC(=O)c2ccco2)cc1C. The van der Waals surface area contributed by atoms with E-state index in [0.29, 0.717) is 17.1 Å². The molecule has 0 aliphatic heterocycles. The minimum atomic E-state index is -0.623. The van der Waals surface area contributed by atoms with E-state index in [4.69, 9.17) is 13.9 Å². The molecular formula is C22H20N2O5. The molecule has 0 fully saturated rings. The number of benzene rings is 2. The number of hydrazone groups is 1. The molecule has 7 heteroatoms. The van der Waals surface area contributed by atoms with Crippen LogP contribution in [-0.4, -0.2) is 24.7 Å². The predicted octanol–water partition coefficient (Wildman–Crippen LogP) is 3.64. The van der Waals surface area contributed by atoms with Crippen LogP contribution in [0.5, 0.6) is 11.5 Å². The Labute approximate surface area is 167 Å². The Hall–Kier alpha value is -3.87. The van der Waals surface area contributed by atoms with Crippen molar-refractivity contribution >= 4 is 18.1 Å². The molecule has 0 atom stereocenters. The first-order chi connectivity index (χ1) is 14.0. The second-order valence-electron chi connectivity index (χ2n) is 6.23. The average Bonchev–Trinajstić information content (AvgIpc) is 3.25. The van der Waals surface area contributed by atoms with Gasteiger partial charge < -0.3 is 13.9 Å². The van der Waals surface area contributed by atoms with E-state index in [1.807, 2.05) is 32.0 Å². The maximum atomic E-state index is 12.0. The third-order valence-corrected chi connectivity index (χ3v) is 4.09. The van der Waals surface area contributed by atoms with Crippen molar-refractivity contribution in [1.29, 1.82) is 0 Å². The monoisotopic (exact) mass is 392 g/mol. The molecule has 7 nitrogen and oxygen atoms in total. The van der Waals surface area contributed by atoms with Gasteiger partial charge in [0.2, 0.25) is 5.76 Å². The maximum Gasteiger partial charge on any atom is 0.379 e. The summed E-state index contributed by atoms with van der Waals surface area (Å²) in [5.41, 5.74) is 5.13. The number of nitrogens with one attached hydrogen (secondary N) is 1. The van der Waals surface area contributed by atoms with Gasteiger partial charge in [-0.2, -0.15) is 5.10 Å². The normalized spacial score (nSPS) is 10.7. The van der Waals surface area contributed by atoms with Crippen LogP contribution in [0, 0.1) is 13.8 Å². The lowest BCUT2D eigenvalue weighted by Crippen LogP contribution is -2.24. The Morgan fingerprint density at radius 2 is 1.90 bits per heavy atom. The lowest BCUT2D eigenvalue weighted by atomic mass is 10.1. The van der Waals surface area contributed by atoms with Gasteiger partial charge in [0.15, 0.2) is 6.61 Å². The fourth-order valence-electron chi connectivity index (χ4n) is 2.38. The molecule has 0 bridgehead atoms. The lowest BCUT2D eigenvalue weighted by molar-refractivity contribution is -0.123. The molecule has 148 valence electrons. The lowest BCUT2D eigenvalue weighted by Gasteiger charge is -2.07. The zero-order valence-electron chi connectivity index (χ0n) is 16.0. The predicted molar refractivity (Wildman–Crippen MR) is 107 cm³/mol. The number of nitrogens with zero attached hydrogens (tertiary/aromatic N) is 1. The molecule has 0 saturated carbocycles. The summed E-state index contributed by atoms with van der Waals surface area (Å²) in [7, 11) is 0. The molecular weight excluding hydrogens is 372 g/mol. The zero-order valence-corrected chi connectivity index (χ0v) is 16.0. The van der Waals surface area contributed by atoms with Crippen LogP contribution in [0.2, 0.25) is 0 Å². The molecule has 0 aliphatic carbocycles. The number of ether oxygens (including phenoxy) is 2. The molecule has 0 spiro atoms. The van der Waals surface area contributed by atoms with E-state index >= 15 is 0 Å². The van der Waals surface area contributed by atoms with E-state index in [-0.39, 0.29) is 12.4 Å². The standard InChI is InChI=1S/C22H20N2O5/c1-15-9-10-18(12-16(15)2)28-14-21(25)24-23-13-17-6-3-4-7-19(17)29-22(26)20-8-5-11-27-20/h3-13H,14H2,1-2H3,(H,24,25). The molecule has 0 saturated heterocycles. The van der Waals surface area contributed by atoms with Gasteiger partial charge in [0, 0.05) is 5.56 Å². The first-order valence-electron chi connectivity index (χ1n) is 8.89. The number of hydrogen-bond donors (Lipinski definition) is 1. The second-order valence-corrected chi connectivity index (χ2v) is 6.23. The van der Waals surface area contributed by atoms with Crippen molar-refractivity contribution in [3.05, 3.63) is 83.3 Å². The first-order valence-corrected chi connectivity index (χ1v) is 8.89. The molecule has 0 aliphatic rings. The molecule has 29 heavy (non-hydrogen) atoms. The summed E-state index contributed by atoms with van der Waals surface area (Å²) < 4.78 is 15.8. The largest absolute Gasteiger partial charge is 0.484 e. The van der Waals surface area contributed by atoms with E-state index in [2.05, 4.69) is 10.5 Å². The van der Waals surface area contributed by atoms with Crippen molar-refractivity contribution in [3.63, 3.8) is 0 Å². The molecule has 3 aromatic rings. The van der Waals surface area contributed by atoms with E-state index in [9.17, 15) is 9.59 Å². The van der Waals surface area contributed by atoms with Crippen LogP contribution in [0.25, 0.3) is 0 Å². The number of rotatable bonds is 7. The summed E-state index contributed by atoms with van der Waals surface area (Å²) in [4.78, 5) is 24.0. The molecule has 0 radical (unpaired) electrons. The number of aryl methyl sites for hydroxylation is 2. The smallest absolute Gasteiger partial charge is 0.379 e. The number of furan rings is 1. The van der Waals surface area contributed by atoms with E-state index < -0.39 is 11.9 Å². The van der Waals surface area contributed by atoms with Crippen molar-refractivity contribution < 1.29 is 23.5 Å². The number of hydrogen-bond acceptors (Lipinski definition) is 6. The highest BCUT2D eigenvalue weighted by molar-refractivity contribution is 5.91. The van der Waals surface area contributed by atoms with Crippen molar-refractivity contribution in [2.75, 3.05) is 6.61 Å². The van der Waals surface area contributed by atoms with E-state index in [1.54, 1.807) is 30.3 Å². The molecule has 3 rings (SSSR count). The third-order valence-electron chi connectivity index (χ3n) is 4.09. The van der Waals surface area contributed by atoms with Crippen LogP contribution < -0.4 is 14.9 Å². The Balaban J connectivity index is 1.55. The van der Waals surface area contributed by atoms with Gasteiger partial charge in [-0.3, -0.25) is 4.79 Å². The van der Waals surface area contributed by atoms with Crippen molar-refractivity contribution in [3.8, 4) is 11.5 Å². The van der Waals surface area contributed by atoms with Crippen LogP contribution in [0.15, 0.2) is 70.4 Å². The molecule has 1 aromatic heterocycles. The van der Waals surface area contributed by atoms with Gasteiger partial charge in [0.25, 0.3) is 5.91 Å². The van der Waals surface area contributed by atoms with Gasteiger partial charge in [0.05, 0.1) is 12.5 Å². The quantitative estimate of drug-likeness (QED) is 0.287. The summed E-state index contributed by atoms with van der Waals surface area (Å²) in [5.74, 6) is -0.0413. The van der Waals surface area contributed by atoms with Gasteiger partial charge in [0.1, 0.15) is 11.5 Å². The molecule has 2 aromatic carbocycles. The molecule has 1 heterocycles. The highest BCUT2D eigenvalue weighted by Crippen LogP contribution is 2.18. The number of carbonyl (C=O) groups is 2. The van der Waals surface area contributed by atoms with Gasteiger partial charge in [-0.1, -0.05) is 18.2 Å². The fourth-order valence-corrected chi connectivity index (χ4v) is 2.38. The second kappa shape index (κ2) is 9.36. The topological polar surface area (TPSA) is 90.1 Å². The molecule has 0 unspecified atom stereocenters. The number of para-hydroxylation sites is 1. The Kier molecular flexibility index (Phi) is 6.42. The molecule has 1 N–H and O–H groups in total. The van der Waals surface area contributed by atoms with Gasteiger partial charge in [-0.05, 0) is 61.4 Å². The van der Waals surface area contributed by atoms with Gasteiger partial charge >= 0.3 is 5.97 Å². The van der Waals surface area contributed by atoms with Gasteiger partial charge in [-0.25, -0.2) is 10.2 Å².